The molecule has 0 aliphatic carbocycles. The summed E-state index contributed by atoms with van der Waals surface area (Å²) in [6, 6.07) is 5.70. The first-order valence-electron chi connectivity index (χ1n) is 8.09. The van der Waals surface area contributed by atoms with Gasteiger partial charge in [0.05, 0.1) is 6.16 Å². The molecule has 0 saturated heterocycles. The first-order valence-corrected chi connectivity index (χ1v) is 9.86. The molecular weight excluding hydrogens is 299 g/mol. The topological polar surface area (TPSA) is 63.6 Å². The van der Waals surface area contributed by atoms with Crippen molar-refractivity contribution in [2.24, 2.45) is 0 Å². The fraction of sp³-hybridized carbons (Fsp3) is 0.588. The van der Waals surface area contributed by atoms with Gasteiger partial charge in [-0.2, -0.15) is 0 Å². The summed E-state index contributed by atoms with van der Waals surface area (Å²) in [5.74, 6) is 0.499. The molecule has 1 N–H and O–H groups in total. The van der Waals surface area contributed by atoms with Crippen molar-refractivity contribution in [3.63, 3.8) is 0 Å². The summed E-state index contributed by atoms with van der Waals surface area (Å²) in [4.78, 5) is 20.3. The smallest absolute Gasteiger partial charge is 0.377 e. The van der Waals surface area contributed by atoms with Crippen molar-refractivity contribution in [3.8, 4) is 5.75 Å². The molecule has 1 aromatic rings. The van der Waals surface area contributed by atoms with Crippen LogP contribution in [0.3, 0.4) is 0 Å². The number of aryl methyl sites for hydroxylation is 1. The Morgan fingerprint density at radius 1 is 1.18 bits per heavy atom. The van der Waals surface area contributed by atoms with Crippen LogP contribution in [0.25, 0.3) is 0 Å². The number of carbonyl (C=O) groups excluding carboxylic acids is 1. The second-order valence-corrected chi connectivity index (χ2v) is 7.41. The molecule has 0 aromatic heterocycles. The van der Waals surface area contributed by atoms with Crippen molar-refractivity contribution in [1.82, 2.24) is 0 Å². The molecule has 0 aliphatic rings. The van der Waals surface area contributed by atoms with E-state index in [-0.39, 0.29) is 12.6 Å². The molecule has 0 fully saturated rings. The number of hydrogen-bond donors (Lipinski definition) is 1. The van der Waals surface area contributed by atoms with Crippen LogP contribution >= 0.6 is 7.60 Å². The number of rotatable bonds is 11. The number of aldehydes is 1. The monoisotopic (exact) mass is 326 g/mol. The van der Waals surface area contributed by atoms with Crippen LogP contribution in [0.1, 0.15) is 57.1 Å². The lowest BCUT2D eigenvalue weighted by Crippen LogP contribution is -2.03. The molecule has 124 valence electrons. The fourth-order valence-corrected chi connectivity index (χ4v) is 3.35. The maximum Gasteiger partial charge on any atom is 0.377 e. The minimum absolute atomic E-state index is 0.0353. The lowest BCUT2D eigenvalue weighted by Gasteiger charge is -2.18. The molecule has 0 radical (unpaired) electrons. The highest BCUT2D eigenvalue weighted by Crippen LogP contribution is 2.44. The van der Waals surface area contributed by atoms with Gasteiger partial charge in [-0.25, -0.2) is 4.57 Å². The Kier molecular flexibility index (Phi) is 8.44. The van der Waals surface area contributed by atoms with Gasteiger partial charge < -0.3 is 14.2 Å². The fourth-order valence-electron chi connectivity index (χ4n) is 2.35. The van der Waals surface area contributed by atoms with Gasteiger partial charge in [0, 0.05) is 6.42 Å². The van der Waals surface area contributed by atoms with E-state index in [1.807, 2.05) is 6.07 Å². The van der Waals surface area contributed by atoms with Gasteiger partial charge in [-0.15, -0.1) is 0 Å². The molecule has 0 amide bonds. The third kappa shape index (κ3) is 6.33. The van der Waals surface area contributed by atoms with E-state index in [0.717, 1.165) is 44.1 Å². The second-order valence-electron chi connectivity index (χ2n) is 5.51. The Hall–Kier alpha value is -1.12. The summed E-state index contributed by atoms with van der Waals surface area (Å²) in [6.45, 7) is 4.27. The Morgan fingerprint density at radius 2 is 1.86 bits per heavy atom. The van der Waals surface area contributed by atoms with E-state index < -0.39 is 7.60 Å². The van der Waals surface area contributed by atoms with Crippen molar-refractivity contribution < 1.29 is 18.8 Å². The van der Waals surface area contributed by atoms with Crippen molar-refractivity contribution in [3.05, 3.63) is 29.3 Å². The predicted molar refractivity (Wildman–Crippen MR) is 89.7 cm³/mol. The molecule has 22 heavy (non-hydrogen) atoms. The summed E-state index contributed by atoms with van der Waals surface area (Å²) < 4.78 is 17.5. The van der Waals surface area contributed by atoms with Crippen molar-refractivity contribution in [2.75, 3.05) is 6.16 Å². The molecule has 1 unspecified atom stereocenters. The van der Waals surface area contributed by atoms with E-state index in [2.05, 4.69) is 19.9 Å². The van der Waals surface area contributed by atoms with E-state index in [1.165, 1.54) is 5.56 Å². The molecule has 5 heteroatoms. The van der Waals surface area contributed by atoms with Crippen LogP contribution in [0.4, 0.5) is 0 Å². The summed E-state index contributed by atoms with van der Waals surface area (Å²) in [7, 11) is -3.77. The molecule has 1 aromatic carbocycles. The van der Waals surface area contributed by atoms with Gasteiger partial charge in [0.2, 0.25) is 0 Å². The lowest BCUT2D eigenvalue weighted by atomic mass is 9.97. The van der Waals surface area contributed by atoms with Crippen LogP contribution < -0.4 is 4.52 Å². The van der Waals surface area contributed by atoms with Gasteiger partial charge in [0.1, 0.15) is 12.0 Å². The third-order valence-electron chi connectivity index (χ3n) is 3.58. The molecule has 1 rings (SSSR count). The second kappa shape index (κ2) is 9.81. The first kappa shape index (κ1) is 18.9. The first-order chi connectivity index (χ1) is 10.5. The summed E-state index contributed by atoms with van der Waals surface area (Å²) in [6.07, 6.45) is 6.61. The predicted octanol–water partition coefficient (Wildman–Crippen LogP) is 4.53. The normalized spacial score (nSPS) is 13.6. The highest BCUT2D eigenvalue weighted by molar-refractivity contribution is 7.53. The van der Waals surface area contributed by atoms with Gasteiger partial charge in [-0.3, -0.25) is 0 Å². The van der Waals surface area contributed by atoms with E-state index in [0.29, 0.717) is 12.0 Å². The zero-order valence-electron chi connectivity index (χ0n) is 13.6. The zero-order valence-corrected chi connectivity index (χ0v) is 14.5. The van der Waals surface area contributed by atoms with Gasteiger partial charge in [0.15, 0.2) is 0 Å². The van der Waals surface area contributed by atoms with E-state index in [4.69, 9.17) is 4.52 Å². The van der Waals surface area contributed by atoms with Crippen molar-refractivity contribution in [2.45, 2.75) is 58.8 Å². The molecule has 0 aliphatic heterocycles. The number of benzene rings is 1. The number of hydrogen-bond acceptors (Lipinski definition) is 3. The number of carbonyl (C=O) groups is 1. The molecule has 0 bridgehead atoms. The molecule has 0 spiro atoms. The highest BCUT2D eigenvalue weighted by atomic mass is 31.2. The summed E-state index contributed by atoms with van der Waals surface area (Å²) in [5.41, 5.74) is 2.24. The van der Waals surface area contributed by atoms with Crippen molar-refractivity contribution >= 4 is 13.9 Å². The SMILES string of the molecule is CCCCc1cccc(OP(=O)(O)CCC=O)c1CCCC. The van der Waals surface area contributed by atoms with Gasteiger partial charge >= 0.3 is 7.60 Å². The maximum atomic E-state index is 12.1. The van der Waals surface area contributed by atoms with Crippen LogP contribution in [-0.2, 0) is 22.2 Å². The lowest BCUT2D eigenvalue weighted by molar-refractivity contribution is -0.107. The van der Waals surface area contributed by atoms with E-state index in [9.17, 15) is 14.3 Å². The van der Waals surface area contributed by atoms with E-state index in [1.54, 1.807) is 6.07 Å². The van der Waals surface area contributed by atoms with Crippen LogP contribution in [0.2, 0.25) is 0 Å². The highest BCUT2D eigenvalue weighted by Gasteiger charge is 2.22. The molecule has 0 heterocycles. The quantitative estimate of drug-likeness (QED) is 0.479. The molecule has 1 atom stereocenters. The average Bonchev–Trinajstić information content (AvgIpc) is 2.49. The van der Waals surface area contributed by atoms with Gasteiger partial charge in [-0.05, 0) is 42.9 Å². The van der Waals surface area contributed by atoms with Crippen LogP contribution in [-0.4, -0.2) is 17.3 Å². The third-order valence-corrected chi connectivity index (χ3v) is 4.89. The largest absolute Gasteiger partial charge is 0.424 e. The summed E-state index contributed by atoms with van der Waals surface area (Å²) >= 11 is 0. The Bertz CT molecular complexity index is 513. The maximum absolute atomic E-state index is 12.1. The van der Waals surface area contributed by atoms with Crippen LogP contribution in [0.5, 0.6) is 5.75 Å². The zero-order chi connectivity index (χ0) is 16.4. The van der Waals surface area contributed by atoms with Crippen molar-refractivity contribution in [1.29, 1.82) is 0 Å². The Morgan fingerprint density at radius 3 is 2.50 bits per heavy atom. The molecule has 4 nitrogen and oxygen atoms in total. The standard InChI is InChI=1S/C17H27O4P/c1-3-5-9-15-10-7-12-17(16(15)11-6-4-2)21-22(19,20)14-8-13-18/h7,10,12-13H,3-6,8-9,11,14H2,1-2H3,(H,19,20). The van der Waals surface area contributed by atoms with Crippen LogP contribution in [0, 0.1) is 0 Å². The summed E-state index contributed by atoms with van der Waals surface area (Å²) in [5, 5.41) is 0. The number of unbranched alkanes of at least 4 members (excludes halogenated alkanes) is 2. The average molecular weight is 326 g/mol. The Balaban J connectivity index is 3.00. The molecular formula is C17H27O4P. The van der Waals surface area contributed by atoms with Crippen LogP contribution in [0.15, 0.2) is 18.2 Å². The van der Waals surface area contributed by atoms with Gasteiger partial charge in [0.25, 0.3) is 0 Å². The Labute approximate surface area is 133 Å². The minimum atomic E-state index is -3.77. The van der Waals surface area contributed by atoms with Gasteiger partial charge in [-0.1, -0.05) is 38.8 Å². The van der Waals surface area contributed by atoms with E-state index >= 15 is 0 Å². The minimum Gasteiger partial charge on any atom is -0.424 e. The molecule has 0 saturated carbocycles.